The summed E-state index contributed by atoms with van der Waals surface area (Å²) in [5.74, 6) is 0.513. The van der Waals surface area contributed by atoms with Crippen LogP contribution in [0.5, 0.6) is 5.75 Å². The molecule has 8 heteroatoms. The monoisotopic (exact) mass is 450 g/mol. The lowest BCUT2D eigenvalue weighted by Gasteiger charge is -2.31. The molecule has 1 aromatic carbocycles. The van der Waals surface area contributed by atoms with Gasteiger partial charge in [0.2, 0.25) is 5.91 Å². The van der Waals surface area contributed by atoms with Gasteiger partial charge >= 0.3 is 6.03 Å². The van der Waals surface area contributed by atoms with Crippen LogP contribution in [0, 0.1) is 11.8 Å². The van der Waals surface area contributed by atoms with Crippen molar-refractivity contribution in [3.63, 3.8) is 0 Å². The molecule has 3 rings (SSSR count). The van der Waals surface area contributed by atoms with E-state index in [1.165, 1.54) is 38.1 Å². The molecular weight excluding hydrogens is 416 g/mol. The summed E-state index contributed by atoms with van der Waals surface area (Å²) in [6, 6.07) is 4.51. The number of unbranched alkanes of at least 4 members (excludes halogenated alkanes) is 1. The van der Waals surface area contributed by atoms with Crippen molar-refractivity contribution in [2.45, 2.75) is 45.4 Å². The Kier molecular flexibility index (Phi) is 8.84. The Morgan fingerprint density at radius 1 is 1.10 bits per heavy atom. The summed E-state index contributed by atoms with van der Waals surface area (Å²) >= 11 is 5.93. The van der Waals surface area contributed by atoms with Crippen LogP contribution in [-0.2, 0) is 4.79 Å². The minimum Gasteiger partial charge on any atom is -0.506 e. The Balaban J connectivity index is 1.30. The number of amides is 3. The maximum atomic E-state index is 12.5. The third kappa shape index (κ3) is 7.28. The maximum absolute atomic E-state index is 12.5. The summed E-state index contributed by atoms with van der Waals surface area (Å²) in [5.41, 5.74) is 0.316. The number of hydrogen-bond acceptors (Lipinski definition) is 4. The molecule has 0 bridgehead atoms. The summed E-state index contributed by atoms with van der Waals surface area (Å²) in [7, 11) is 0. The topological polar surface area (TPSA) is 84.9 Å². The van der Waals surface area contributed by atoms with Crippen molar-refractivity contribution < 1.29 is 14.7 Å². The zero-order chi connectivity index (χ0) is 22.2. The standard InChI is InChI=1S/C23H35ClN4O3/c1-17-6-12-27(13-7-17)11-3-2-10-25-23(31)28-14-8-18(9-15-28)22(30)26-20-16-19(24)4-5-21(20)29/h4-5,16-18,29H,2-3,6-15H2,1H3,(H,25,31)(H,26,30). The maximum Gasteiger partial charge on any atom is 0.317 e. The SMILES string of the molecule is CC1CCN(CCCCNC(=O)N2CCC(C(=O)Nc3cc(Cl)ccc3O)CC2)CC1. The molecule has 2 saturated heterocycles. The summed E-state index contributed by atoms with van der Waals surface area (Å²) in [5, 5.41) is 16.1. The van der Waals surface area contributed by atoms with E-state index in [9.17, 15) is 14.7 Å². The van der Waals surface area contributed by atoms with Gasteiger partial charge in [-0.3, -0.25) is 4.79 Å². The van der Waals surface area contributed by atoms with Crippen LogP contribution >= 0.6 is 11.6 Å². The van der Waals surface area contributed by atoms with E-state index in [4.69, 9.17) is 11.6 Å². The van der Waals surface area contributed by atoms with Crippen LogP contribution in [-0.4, -0.2) is 66.1 Å². The zero-order valence-corrected chi connectivity index (χ0v) is 19.2. The number of urea groups is 1. The van der Waals surface area contributed by atoms with Crippen molar-refractivity contribution in [3.8, 4) is 5.75 Å². The van der Waals surface area contributed by atoms with Gasteiger partial charge < -0.3 is 25.5 Å². The molecule has 0 radical (unpaired) electrons. The summed E-state index contributed by atoms with van der Waals surface area (Å²) < 4.78 is 0. The first kappa shape index (κ1) is 23.7. The molecular formula is C23H35ClN4O3. The number of likely N-dealkylation sites (tertiary alicyclic amines) is 2. The fourth-order valence-electron chi connectivity index (χ4n) is 4.24. The van der Waals surface area contributed by atoms with Gasteiger partial charge in [0.05, 0.1) is 5.69 Å². The molecule has 2 fully saturated rings. The van der Waals surface area contributed by atoms with Crippen molar-refractivity contribution in [2.75, 3.05) is 44.6 Å². The molecule has 0 atom stereocenters. The van der Waals surface area contributed by atoms with E-state index in [1.807, 2.05) is 0 Å². The molecule has 2 aliphatic rings. The van der Waals surface area contributed by atoms with Crippen molar-refractivity contribution in [1.82, 2.24) is 15.1 Å². The van der Waals surface area contributed by atoms with Crippen molar-refractivity contribution in [1.29, 1.82) is 0 Å². The molecule has 0 unspecified atom stereocenters. The number of nitrogens with one attached hydrogen (secondary N) is 2. The first-order chi connectivity index (χ1) is 14.9. The van der Waals surface area contributed by atoms with Gasteiger partial charge in [-0.05, 0) is 82.3 Å². The van der Waals surface area contributed by atoms with Crippen molar-refractivity contribution in [2.24, 2.45) is 11.8 Å². The van der Waals surface area contributed by atoms with Gasteiger partial charge in [0, 0.05) is 30.6 Å². The van der Waals surface area contributed by atoms with Crippen molar-refractivity contribution >= 4 is 29.2 Å². The molecule has 172 valence electrons. The first-order valence-corrected chi connectivity index (χ1v) is 11.8. The molecule has 1 aromatic rings. The van der Waals surface area contributed by atoms with Gasteiger partial charge in [-0.15, -0.1) is 0 Å². The van der Waals surface area contributed by atoms with Crippen LogP contribution in [0.1, 0.15) is 45.4 Å². The second-order valence-corrected chi connectivity index (χ2v) is 9.31. The Labute approximate surface area is 190 Å². The summed E-state index contributed by atoms with van der Waals surface area (Å²) in [6.45, 7) is 7.64. The van der Waals surface area contributed by atoms with Gasteiger partial charge in [0.25, 0.3) is 0 Å². The van der Waals surface area contributed by atoms with E-state index < -0.39 is 0 Å². The Morgan fingerprint density at radius 2 is 1.81 bits per heavy atom. The van der Waals surface area contributed by atoms with E-state index >= 15 is 0 Å². The number of phenolic OH excluding ortho intramolecular Hbond substituents is 1. The number of rotatable bonds is 7. The predicted octanol–water partition coefficient (Wildman–Crippen LogP) is 3.92. The highest BCUT2D eigenvalue weighted by atomic mass is 35.5. The highest BCUT2D eigenvalue weighted by molar-refractivity contribution is 6.31. The molecule has 2 heterocycles. The number of nitrogens with zero attached hydrogens (tertiary/aromatic N) is 2. The zero-order valence-electron chi connectivity index (χ0n) is 18.4. The molecule has 31 heavy (non-hydrogen) atoms. The largest absolute Gasteiger partial charge is 0.506 e. The fraction of sp³-hybridized carbons (Fsp3) is 0.652. The third-order valence-corrected chi connectivity index (χ3v) is 6.66. The van der Waals surface area contributed by atoms with Crippen LogP contribution in [0.3, 0.4) is 0 Å². The van der Waals surface area contributed by atoms with Gasteiger partial charge in [0.1, 0.15) is 5.75 Å². The molecule has 2 aliphatic heterocycles. The Bertz CT molecular complexity index is 744. The van der Waals surface area contributed by atoms with Crippen LogP contribution in [0.25, 0.3) is 0 Å². The van der Waals surface area contributed by atoms with Crippen LogP contribution in [0.2, 0.25) is 5.02 Å². The number of phenols is 1. The number of halogens is 1. The average Bonchev–Trinajstić information content (AvgIpc) is 2.77. The number of carbonyl (C=O) groups is 2. The number of hydrogen-bond donors (Lipinski definition) is 3. The highest BCUT2D eigenvalue weighted by Crippen LogP contribution is 2.28. The summed E-state index contributed by atoms with van der Waals surface area (Å²) in [4.78, 5) is 29.2. The number of aromatic hydroxyl groups is 1. The normalized spacial score (nSPS) is 18.7. The van der Waals surface area contributed by atoms with Gasteiger partial charge in [-0.2, -0.15) is 0 Å². The smallest absolute Gasteiger partial charge is 0.317 e. The van der Waals surface area contributed by atoms with Crippen LogP contribution < -0.4 is 10.6 Å². The van der Waals surface area contributed by atoms with Crippen molar-refractivity contribution in [3.05, 3.63) is 23.2 Å². The molecule has 0 saturated carbocycles. The van der Waals surface area contributed by atoms with E-state index in [2.05, 4.69) is 22.5 Å². The predicted molar refractivity (Wildman–Crippen MR) is 124 cm³/mol. The average molecular weight is 451 g/mol. The van der Waals surface area contributed by atoms with Crippen LogP contribution in [0.15, 0.2) is 18.2 Å². The van der Waals surface area contributed by atoms with E-state index in [0.717, 1.165) is 25.3 Å². The molecule has 3 amide bonds. The minimum absolute atomic E-state index is 0.00981. The Hall–Kier alpha value is -1.99. The van der Waals surface area contributed by atoms with Gasteiger partial charge in [-0.1, -0.05) is 18.5 Å². The minimum atomic E-state index is -0.185. The lowest BCUT2D eigenvalue weighted by Crippen LogP contribution is -2.46. The second kappa shape index (κ2) is 11.6. The van der Waals surface area contributed by atoms with Crippen LogP contribution in [0.4, 0.5) is 10.5 Å². The van der Waals surface area contributed by atoms with E-state index in [-0.39, 0.29) is 23.6 Å². The van der Waals surface area contributed by atoms with E-state index in [1.54, 1.807) is 11.0 Å². The first-order valence-electron chi connectivity index (χ1n) is 11.5. The van der Waals surface area contributed by atoms with Gasteiger partial charge in [0.15, 0.2) is 0 Å². The highest BCUT2D eigenvalue weighted by Gasteiger charge is 2.27. The quantitative estimate of drug-likeness (QED) is 0.434. The Morgan fingerprint density at radius 3 is 2.52 bits per heavy atom. The molecule has 0 aliphatic carbocycles. The number of carbonyl (C=O) groups excluding carboxylic acids is 2. The van der Waals surface area contributed by atoms with Gasteiger partial charge in [-0.25, -0.2) is 4.79 Å². The fourth-order valence-corrected chi connectivity index (χ4v) is 4.41. The third-order valence-electron chi connectivity index (χ3n) is 6.42. The number of benzene rings is 1. The molecule has 3 N–H and O–H groups in total. The molecule has 7 nitrogen and oxygen atoms in total. The molecule has 0 aromatic heterocycles. The second-order valence-electron chi connectivity index (χ2n) is 8.88. The molecule has 0 spiro atoms. The lowest BCUT2D eigenvalue weighted by atomic mass is 9.96. The number of piperidine rings is 2. The number of anilines is 1. The van der Waals surface area contributed by atoms with E-state index in [0.29, 0.717) is 43.2 Å². The summed E-state index contributed by atoms with van der Waals surface area (Å²) in [6.07, 6.45) is 5.89. The lowest BCUT2D eigenvalue weighted by molar-refractivity contribution is -0.121.